The van der Waals surface area contributed by atoms with Gasteiger partial charge in [0, 0.05) is 32.2 Å². The Kier molecular flexibility index (Phi) is 8.20. The van der Waals surface area contributed by atoms with Crippen molar-refractivity contribution in [2.24, 2.45) is 18.9 Å². The Morgan fingerprint density at radius 1 is 0.980 bits per heavy atom. The van der Waals surface area contributed by atoms with Crippen LogP contribution in [0.1, 0.15) is 83.5 Å². The van der Waals surface area contributed by atoms with Gasteiger partial charge in [0.05, 0.1) is 42.2 Å². The van der Waals surface area contributed by atoms with E-state index in [9.17, 15) is 18.0 Å². The molecule has 5 aromatic rings. The summed E-state index contributed by atoms with van der Waals surface area (Å²) in [5, 5.41) is 8.74. The lowest BCUT2D eigenvalue weighted by Gasteiger charge is -2.46. The van der Waals surface area contributed by atoms with Crippen LogP contribution in [0.25, 0.3) is 11.0 Å². The van der Waals surface area contributed by atoms with E-state index in [4.69, 9.17) is 9.72 Å². The molecule has 266 valence electrons. The number of methoxy groups -OCH3 is 1. The number of aromatic nitrogens is 5. The van der Waals surface area contributed by atoms with Crippen LogP contribution in [-0.2, 0) is 38.3 Å². The summed E-state index contributed by atoms with van der Waals surface area (Å²) in [4.78, 5) is 22.9. The smallest absolute Gasteiger partial charge is 0.416 e. The molecule has 0 unspecified atom stereocenters. The predicted octanol–water partition coefficient (Wildman–Crippen LogP) is 7.35. The number of ether oxygens (including phenoxy) is 1. The van der Waals surface area contributed by atoms with Crippen molar-refractivity contribution in [3.8, 4) is 5.75 Å². The largest absolute Gasteiger partial charge is 0.497 e. The first-order chi connectivity index (χ1) is 24.4. The molecule has 3 aromatic carbocycles. The molecule has 1 aliphatic carbocycles. The molecule has 1 saturated heterocycles. The molecule has 12 heteroatoms. The van der Waals surface area contributed by atoms with Gasteiger partial charge in [-0.15, -0.1) is 10.2 Å². The van der Waals surface area contributed by atoms with Crippen LogP contribution in [0.15, 0.2) is 61.2 Å². The molecule has 9 nitrogen and oxygen atoms in total. The van der Waals surface area contributed by atoms with Gasteiger partial charge in [-0.05, 0) is 103 Å². The van der Waals surface area contributed by atoms with Crippen molar-refractivity contribution in [1.29, 1.82) is 0 Å². The third kappa shape index (κ3) is 5.87. The fraction of sp³-hybridized carbons (Fsp3) is 0.436. The second kappa shape index (κ2) is 12.5. The van der Waals surface area contributed by atoms with E-state index in [1.807, 2.05) is 46.5 Å². The molecule has 0 spiro atoms. The Balaban J connectivity index is 1.25. The average Bonchev–Trinajstić information content (AvgIpc) is 3.79. The summed E-state index contributed by atoms with van der Waals surface area (Å²) in [7, 11) is 3.55. The monoisotopic (exact) mass is 697 g/mol. The van der Waals surface area contributed by atoms with Crippen LogP contribution in [0.3, 0.4) is 0 Å². The predicted molar refractivity (Wildman–Crippen MR) is 188 cm³/mol. The van der Waals surface area contributed by atoms with Crippen LogP contribution < -0.4 is 9.64 Å². The van der Waals surface area contributed by atoms with E-state index in [1.54, 1.807) is 25.8 Å². The lowest BCUT2D eigenvalue weighted by Crippen LogP contribution is -2.43. The molecule has 3 aliphatic rings. The Labute approximate surface area is 295 Å². The Morgan fingerprint density at radius 3 is 2.43 bits per heavy atom. The van der Waals surface area contributed by atoms with Crippen molar-refractivity contribution in [3.05, 3.63) is 100 Å². The summed E-state index contributed by atoms with van der Waals surface area (Å²) in [6.45, 7) is 6.71. The summed E-state index contributed by atoms with van der Waals surface area (Å²) < 4.78 is 53.6. The van der Waals surface area contributed by atoms with Crippen molar-refractivity contribution in [2.45, 2.75) is 70.8 Å². The van der Waals surface area contributed by atoms with E-state index in [0.717, 1.165) is 67.0 Å². The molecule has 8 rings (SSSR count). The standard InChI is InChI=1S/C39H42F3N7O2/c1-24-6-5-11-47(18-24)19-27-12-30-31(32(13-27)39(40,41)42)21-49(36(30)50)34-15-28(38(16-25(2)17-38)37-45-44-23-46(37)3)14-33-35(34)43-22-48(33)20-26-7-9-29(51-4)10-8-26/h7-10,12-15,22-25H,5-6,11,16-21H2,1-4H3/t24-,25?,38?/m0/s1. The maximum Gasteiger partial charge on any atom is 0.416 e. The highest BCUT2D eigenvalue weighted by molar-refractivity contribution is 6.13. The van der Waals surface area contributed by atoms with Crippen molar-refractivity contribution >= 4 is 22.6 Å². The van der Waals surface area contributed by atoms with Gasteiger partial charge in [-0.3, -0.25) is 9.69 Å². The lowest BCUT2D eigenvalue weighted by molar-refractivity contribution is -0.138. The van der Waals surface area contributed by atoms with Crippen LogP contribution >= 0.6 is 0 Å². The third-order valence-electron chi connectivity index (χ3n) is 11.1. The van der Waals surface area contributed by atoms with Gasteiger partial charge in [-0.1, -0.05) is 26.0 Å². The number of amides is 1. The van der Waals surface area contributed by atoms with E-state index < -0.39 is 23.1 Å². The number of imidazole rings is 1. The second-order valence-electron chi connectivity index (χ2n) is 15.0. The zero-order valence-corrected chi connectivity index (χ0v) is 29.4. The topological polar surface area (TPSA) is 81.3 Å². The van der Waals surface area contributed by atoms with Gasteiger partial charge in [0.15, 0.2) is 0 Å². The molecule has 2 fully saturated rings. The molecule has 1 atom stereocenters. The molecule has 2 aromatic heterocycles. The highest BCUT2D eigenvalue weighted by Gasteiger charge is 2.49. The summed E-state index contributed by atoms with van der Waals surface area (Å²) in [5.74, 6) is 2.04. The number of rotatable bonds is 8. The Morgan fingerprint density at radius 2 is 1.76 bits per heavy atom. The van der Waals surface area contributed by atoms with E-state index in [0.29, 0.717) is 41.7 Å². The molecule has 2 aliphatic heterocycles. The number of piperidine rings is 1. The number of carbonyl (C=O) groups is 1. The number of fused-ring (bicyclic) bond motifs is 2. The molecule has 0 bridgehead atoms. The van der Waals surface area contributed by atoms with Gasteiger partial charge >= 0.3 is 6.18 Å². The second-order valence-corrected chi connectivity index (χ2v) is 15.0. The van der Waals surface area contributed by atoms with Gasteiger partial charge in [0.2, 0.25) is 0 Å². The summed E-state index contributed by atoms with van der Waals surface area (Å²) in [5.41, 5.74) is 3.24. The average molecular weight is 698 g/mol. The normalized spacial score (nSPS) is 22.4. The summed E-state index contributed by atoms with van der Waals surface area (Å²) in [6, 6.07) is 14.8. The lowest BCUT2D eigenvalue weighted by atomic mass is 9.58. The van der Waals surface area contributed by atoms with Crippen LogP contribution in [-0.4, -0.2) is 55.3 Å². The van der Waals surface area contributed by atoms with Gasteiger partial charge in [0.1, 0.15) is 23.4 Å². The van der Waals surface area contributed by atoms with Gasteiger partial charge in [0.25, 0.3) is 5.91 Å². The van der Waals surface area contributed by atoms with Crippen LogP contribution in [0.4, 0.5) is 18.9 Å². The summed E-state index contributed by atoms with van der Waals surface area (Å²) in [6.07, 6.45) is 2.59. The zero-order valence-electron chi connectivity index (χ0n) is 29.4. The number of likely N-dealkylation sites (tertiary alicyclic amines) is 1. The quantitative estimate of drug-likeness (QED) is 0.169. The van der Waals surface area contributed by atoms with Crippen molar-refractivity contribution in [2.75, 3.05) is 25.1 Å². The van der Waals surface area contributed by atoms with E-state index in [1.165, 1.54) is 11.0 Å². The molecule has 0 radical (unpaired) electrons. The first-order valence-corrected chi connectivity index (χ1v) is 17.7. The molecule has 4 heterocycles. The Hall–Kier alpha value is -4.71. The molecule has 1 amide bonds. The molecule has 51 heavy (non-hydrogen) atoms. The summed E-state index contributed by atoms with van der Waals surface area (Å²) >= 11 is 0. The highest BCUT2D eigenvalue weighted by Crippen LogP contribution is 2.53. The third-order valence-corrected chi connectivity index (χ3v) is 11.1. The number of anilines is 1. The van der Waals surface area contributed by atoms with E-state index in [-0.39, 0.29) is 17.7 Å². The number of alkyl halides is 3. The van der Waals surface area contributed by atoms with Gasteiger partial charge in [-0.2, -0.15) is 13.2 Å². The van der Waals surface area contributed by atoms with Crippen LogP contribution in [0, 0.1) is 11.8 Å². The number of hydrogen-bond acceptors (Lipinski definition) is 6. The first kappa shape index (κ1) is 33.4. The molecule has 0 N–H and O–H groups in total. The SMILES string of the molecule is COc1ccc(Cn2cnc3c(N4Cc5c(cc(CN6CCC[C@H](C)C6)cc5C(F)(F)F)C4=O)cc(C4(c5nncn5C)CC(C)C4)cc32)cc1. The Bertz CT molecular complexity index is 2110. The minimum atomic E-state index is -4.61. The van der Waals surface area contributed by atoms with Crippen molar-refractivity contribution in [3.63, 3.8) is 0 Å². The first-order valence-electron chi connectivity index (χ1n) is 17.7. The fourth-order valence-corrected chi connectivity index (χ4v) is 8.77. The van der Waals surface area contributed by atoms with E-state index in [2.05, 4.69) is 35.0 Å². The van der Waals surface area contributed by atoms with Gasteiger partial charge in [-0.25, -0.2) is 4.98 Å². The fourth-order valence-electron chi connectivity index (χ4n) is 8.77. The van der Waals surface area contributed by atoms with E-state index >= 15 is 0 Å². The number of carbonyl (C=O) groups excluding carboxylic acids is 1. The molecular weight excluding hydrogens is 655 g/mol. The highest BCUT2D eigenvalue weighted by atomic mass is 19.4. The minimum absolute atomic E-state index is 0.0137. The number of benzene rings is 3. The van der Waals surface area contributed by atoms with Gasteiger partial charge < -0.3 is 18.8 Å². The maximum absolute atomic E-state index is 14.8. The van der Waals surface area contributed by atoms with Crippen molar-refractivity contribution < 1.29 is 22.7 Å². The van der Waals surface area contributed by atoms with Crippen LogP contribution in [0.5, 0.6) is 5.75 Å². The maximum atomic E-state index is 14.8. The number of hydrogen-bond donors (Lipinski definition) is 0. The molecule has 1 saturated carbocycles. The number of nitrogens with zero attached hydrogens (tertiary/aromatic N) is 7. The van der Waals surface area contributed by atoms with Crippen LogP contribution in [0.2, 0.25) is 0 Å². The zero-order chi connectivity index (χ0) is 35.7. The molecular formula is C39H42F3N7O2. The number of aryl methyl sites for hydroxylation is 1. The number of halogens is 3. The minimum Gasteiger partial charge on any atom is -0.497 e. The van der Waals surface area contributed by atoms with Crippen molar-refractivity contribution in [1.82, 2.24) is 29.2 Å².